The first kappa shape index (κ1) is 21.9. The maximum absolute atomic E-state index is 12.5. The van der Waals surface area contributed by atoms with Crippen molar-refractivity contribution in [3.8, 4) is 11.4 Å². The summed E-state index contributed by atoms with van der Waals surface area (Å²) < 4.78 is 7.40. The molecule has 1 N–H and O–H groups in total. The van der Waals surface area contributed by atoms with Gasteiger partial charge in [0.05, 0.1) is 18.6 Å². The van der Waals surface area contributed by atoms with Crippen LogP contribution in [0.1, 0.15) is 23.0 Å². The molecule has 0 spiro atoms. The second-order valence-electron chi connectivity index (χ2n) is 6.95. The highest BCUT2D eigenvalue weighted by Crippen LogP contribution is 2.26. The molecule has 4 aromatic rings. The minimum atomic E-state index is -0.189. The topological polar surface area (TPSA) is 90.0 Å². The van der Waals surface area contributed by atoms with Gasteiger partial charge in [-0.2, -0.15) is 0 Å². The fourth-order valence-corrected chi connectivity index (χ4v) is 3.89. The second-order valence-corrected chi connectivity index (χ2v) is 8.33. The number of nitrogens with zero attached hydrogens (tertiary/aromatic N) is 3. The summed E-state index contributed by atoms with van der Waals surface area (Å²) in [6, 6.07) is 17.8. The lowest BCUT2D eigenvalue weighted by atomic mass is 10.1. The Bertz CT molecular complexity index is 1220. The van der Waals surface area contributed by atoms with Gasteiger partial charge >= 0.3 is 0 Å². The predicted molar refractivity (Wildman–Crippen MR) is 124 cm³/mol. The van der Waals surface area contributed by atoms with Gasteiger partial charge in [-0.3, -0.25) is 14.2 Å². The predicted octanol–water partition coefficient (Wildman–Crippen LogP) is 5.17. The first-order valence-electron chi connectivity index (χ1n) is 9.75. The third kappa shape index (κ3) is 5.27. The highest BCUT2D eigenvalue weighted by Gasteiger charge is 2.17. The van der Waals surface area contributed by atoms with Crippen LogP contribution in [0.4, 0.5) is 5.69 Å². The number of thioether (sulfide) groups is 1. The van der Waals surface area contributed by atoms with Crippen LogP contribution >= 0.6 is 23.4 Å². The fourth-order valence-electron chi connectivity index (χ4n) is 3.02. The van der Waals surface area contributed by atoms with Crippen LogP contribution in [-0.4, -0.2) is 32.2 Å². The molecule has 0 atom stereocenters. The minimum Gasteiger partial charge on any atom is -0.467 e. The molecule has 162 valence electrons. The summed E-state index contributed by atoms with van der Waals surface area (Å²) in [6.45, 7) is 1.93. The number of halogens is 1. The summed E-state index contributed by atoms with van der Waals surface area (Å²) in [5, 5.41) is 12.7. The standard InChI is InChI=1S/C23H19ClN4O3S/c1-15(29)16-6-10-19(11-7-16)25-21(30)14-32-23-27-26-22(17-4-8-18(24)9-5-17)28(23)13-20-3-2-12-31-20/h2-12H,13-14H2,1H3,(H,25,30). The number of benzene rings is 2. The van der Waals surface area contributed by atoms with Gasteiger partial charge in [-0.1, -0.05) is 23.4 Å². The van der Waals surface area contributed by atoms with Crippen molar-refractivity contribution in [1.82, 2.24) is 14.8 Å². The fraction of sp³-hybridized carbons (Fsp3) is 0.130. The van der Waals surface area contributed by atoms with Gasteiger partial charge in [-0.25, -0.2) is 0 Å². The smallest absolute Gasteiger partial charge is 0.234 e. The molecule has 0 saturated carbocycles. The van der Waals surface area contributed by atoms with Crippen LogP contribution < -0.4 is 5.32 Å². The van der Waals surface area contributed by atoms with E-state index in [2.05, 4.69) is 15.5 Å². The number of furan rings is 1. The van der Waals surface area contributed by atoms with Gasteiger partial charge in [-0.05, 0) is 67.6 Å². The first-order valence-corrected chi connectivity index (χ1v) is 11.1. The summed E-state index contributed by atoms with van der Waals surface area (Å²) in [6.07, 6.45) is 1.61. The molecule has 0 saturated heterocycles. The molecule has 32 heavy (non-hydrogen) atoms. The highest BCUT2D eigenvalue weighted by molar-refractivity contribution is 7.99. The molecule has 0 bridgehead atoms. The number of carbonyl (C=O) groups is 2. The zero-order valence-electron chi connectivity index (χ0n) is 17.1. The van der Waals surface area contributed by atoms with E-state index in [1.807, 2.05) is 28.8 Å². The van der Waals surface area contributed by atoms with E-state index in [-0.39, 0.29) is 17.4 Å². The molecule has 0 unspecified atom stereocenters. The van der Waals surface area contributed by atoms with Gasteiger partial charge in [0.25, 0.3) is 0 Å². The number of anilines is 1. The molecule has 0 radical (unpaired) electrons. The lowest BCUT2D eigenvalue weighted by Gasteiger charge is -2.09. The molecule has 0 aliphatic heterocycles. The van der Waals surface area contributed by atoms with Crippen molar-refractivity contribution in [2.45, 2.75) is 18.6 Å². The minimum absolute atomic E-state index is 0.0224. The summed E-state index contributed by atoms with van der Waals surface area (Å²) >= 11 is 7.29. The number of nitrogens with one attached hydrogen (secondary N) is 1. The highest BCUT2D eigenvalue weighted by atomic mass is 35.5. The Morgan fingerprint density at radius 2 is 1.81 bits per heavy atom. The van der Waals surface area contributed by atoms with Crippen LogP contribution in [0.15, 0.2) is 76.5 Å². The Kier molecular flexibility index (Phi) is 6.72. The normalized spacial score (nSPS) is 10.8. The molecule has 2 heterocycles. The van der Waals surface area contributed by atoms with Crippen molar-refractivity contribution < 1.29 is 14.0 Å². The molecule has 1 amide bonds. The maximum atomic E-state index is 12.5. The average molecular weight is 467 g/mol. The van der Waals surface area contributed by atoms with Gasteiger partial charge in [-0.15, -0.1) is 10.2 Å². The van der Waals surface area contributed by atoms with E-state index < -0.39 is 0 Å². The van der Waals surface area contributed by atoms with Gasteiger partial charge in [0.1, 0.15) is 5.76 Å². The Morgan fingerprint density at radius 1 is 1.06 bits per heavy atom. The number of rotatable bonds is 8. The maximum Gasteiger partial charge on any atom is 0.234 e. The number of aromatic nitrogens is 3. The molecule has 2 aromatic heterocycles. The van der Waals surface area contributed by atoms with E-state index >= 15 is 0 Å². The van der Waals surface area contributed by atoms with Gasteiger partial charge in [0.15, 0.2) is 16.8 Å². The number of ketones is 1. The molecule has 0 aliphatic carbocycles. The van der Waals surface area contributed by atoms with Crippen LogP contribution in [-0.2, 0) is 11.3 Å². The van der Waals surface area contributed by atoms with Crippen LogP contribution in [0.25, 0.3) is 11.4 Å². The number of amides is 1. The molecule has 9 heteroatoms. The Morgan fingerprint density at radius 3 is 2.47 bits per heavy atom. The third-order valence-electron chi connectivity index (χ3n) is 4.62. The van der Waals surface area contributed by atoms with Crippen LogP contribution in [0, 0.1) is 0 Å². The first-order chi connectivity index (χ1) is 15.5. The molecule has 0 aliphatic rings. The van der Waals surface area contributed by atoms with E-state index in [4.69, 9.17) is 16.0 Å². The van der Waals surface area contributed by atoms with Gasteiger partial charge in [0.2, 0.25) is 5.91 Å². The van der Waals surface area contributed by atoms with Crippen LogP contribution in [0.5, 0.6) is 0 Å². The van der Waals surface area contributed by atoms with E-state index in [9.17, 15) is 9.59 Å². The van der Waals surface area contributed by atoms with Crippen molar-refractivity contribution in [2.75, 3.05) is 11.1 Å². The van der Waals surface area contributed by atoms with Crippen molar-refractivity contribution >= 4 is 40.7 Å². The van der Waals surface area contributed by atoms with Crippen LogP contribution in [0.2, 0.25) is 5.02 Å². The van der Waals surface area contributed by atoms with E-state index in [0.717, 1.165) is 11.3 Å². The number of hydrogen-bond donors (Lipinski definition) is 1. The molecule has 4 rings (SSSR count). The molecular weight excluding hydrogens is 448 g/mol. The Hall–Kier alpha value is -3.36. The molecular formula is C23H19ClN4O3S. The number of carbonyl (C=O) groups excluding carboxylic acids is 2. The quantitative estimate of drug-likeness (QED) is 0.284. The summed E-state index contributed by atoms with van der Waals surface area (Å²) in [5.41, 5.74) is 2.08. The summed E-state index contributed by atoms with van der Waals surface area (Å²) in [7, 11) is 0. The summed E-state index contributed by atoms with van der Waals surface area (Å²) in [5.74, 6) is 1.33. The van der Waals surface area contributed by atoms with Crippen molar-refractivity contribution in [2.24, 2.45) is 0 Å². The molecule has 7 nitrogen and oxygen atoms in total. The lowest BCUT2D eigenvalue weighted by Crippen LogP contribution is -2.15. The zero-order valence-corrected chi connectivity index (χ0v) is 18.7. The number of hydrogen-bond acceptors (Lipinski definition) is 6. The van der Waals surface area contributed by atoms with Crippen LogP contribution in [0.3, 0.4) is 0 Å². The average Bonchev–Trinajstić information content (AvgIpc) is 3.44. The van der Waals surface area contributed by atoms with E-state index in [1.54, 1.807) is 42.7 Å². The second kappa shape index (κ2) is 9.84. The van der Waals surface area contributed by atoms with Gasteiger partial charge < -0.3 is 9.73 Å². The van der Waals surface area contributed by atoms with E-state index in [1.165, 1.54) is 18.7 Å². The SMILES string of the molecule is CC(=O)c1ccc(NC(=O)CSc2nnc(-c3ccc(Cl)cc3)n2Cc2ccco2)cc1. The Labute approximate surface area is 193 Å². The van der Waals surface area contributed by atoms with E-state index in [0.29, 0.717) is 33.8 Å². The summed E-state index contributed by atoms with van der Waals surface area (Å²) in [4.78, 5) is 23.8. The largest absolute Gasteiger partial charge is 0.467 e. The molecule has 0 fully saturated rings. The van der Waals surface area contributed by atoms with Crippen molar-refractivity contribution in [3.05, 3.63) is 83.3 Å². The lowest BCUT2D eigenvalue weighted by molar-refractivity contribution is -0.113. The zero-order chi connectivity index (χ0) is 22.5. The Balaban J connectivity index is 1.49. The van der Waals surface area contributed by atoms with Crippen molar-refractivity contribution in [1.29, 1.82) is 0 Å². The monoisotopic (exact) mass is 466 g/mol. The van der Waals surface area contributed by atoms with Gasteiger partial charge in [0, 0.05) is 21.8 Å². The third-order valence-corrected chi connectivity index (χ3v) is 5.84. The number of Topliss-reactive ketones (excluding diaryl/α,β-unsaturated/α-hetero) is 1. The molecule has 2 aromatic carbocycles. The van der Waals surface area contributed by atoms with Crippen molar-refractivity contribution in [3.63, 3.8) is 0 Å².